The molecule has 224 valence electrons. The van der Waals surface area contributed by atoms with Crippen LogP contribution in [0.5, 0.6) is 0 Å². The van der Waals surface area contributed by atoms with Crippen LogP contribution in [0.1, 0.15) is 43.1 Å². The van der Waals surface area contributed by atoms with Gasteiger partial charge in [0.1, 0.15) is 5.69 Å². The summed E-state index contributed by atoms with van der Waals surface area (Å²) in [5, 5.41) is 16.9. The van der Waals surface area contributed by atoms with Gasteiger partial charge in [-0.2, -0.15) is 26.3 Å². The van der Waals surface area contributed by atoms with Crippen LogP contribution in [0, 0.1) is 0 Å². The van der Waals surface area contributed by atoms with Crippen molar-refractivity contribution >= 4 is 11.9 Å². The van der Waals surface area contributed by atoms with E-state index in [9.17, 15) is 35.9 Å². The molecule has 14 heteroatoms. The summed E-state index contributed by atoms with van der Waals surface area (Å²) in [4.78, 5) is 27.9. The van der Waals surface area contributed by atoms with Gasteiger partial charge in [0.05, 0.1) is 16.7 Å². The van der Waals surface area contributed by atoms with Crippen molar-refractivity contribution in [2.24, 2.45) is 11.5 Å². The molecule has 4 rings (SSSR count). The molecule has 0 atom stereocenters. The molecule has 8 nitrogen and oxygen atoms in total. The number of aromatic nitrogens is 2. The highest BCUT2D eigenvalue weighted by molar-refractivity contribution is 5.92. The third kappa shape index (κ3) is 13.5. The van der Waals surface area contributed by atoms with E-state index >= 15 is 0 Å². The van der Waals surface area contributed by atoms with Crippen LogP contribution in [0.4, 0.5) is 26.3 Å². The summed E-state index contributed by atoms with van der Waals surface area (Å²) in [6, 6.07) is 17.6. The Kier molecular flexibility index (Phi) is 14.3. The smallest absolute Gasteiger partial charge is 0.416 e. The third-order valence-electron chi connectivity index (χ3n) is 4.83. The number of hydrogen-bond acceptors (Lipinski definition) is 6. The third-order valence-corrected chi connectivity index (χ3v) is 4.83. The second-order valence-corrected chi connectivity index (χ2v) is 7.86. The molecule has 42 heavy (non-hydrogen) atoms. The first-order chi connectivity index (χ1) is 19.7. The van der Waals surface area contributed by atoms with Gasteiger partial charge in [0.2, 0.25) is 0 Å². The van der Waals surface area contributed by atoms with Gasteiger partial charge in [-0.3, -0.25) is 4.98 Å². The number of benzene rings is 2. The van der Waals surface area contributed by atoms with Crippen LogP contribution in [-0.4, -0.2) is 32.1 Å². The highest BCUT2D eigenvalue weighted by Crippen LogP contribution is 2.29. The zero-order valence-electron chi connectivity index (χ0n) is 21.7. The quantitative estimate of drug-likeness (QED) is 0.213. The fourth-order valence-corrected chi connectivity index (χ4v) is 2.65. The second kappa shape index (κ2) is 17.1. The fourth-order valence-electron chi connectivity index (χ4n) is 2.65. The van der Waals surface area contributed by atoms with Gasteiger partial charge >= 0.3 is 24.3 Å². The standard InChI is InChI=1S/2C8H8F3N.C7H5NO4.C5H5N/c2*9-8(10,11)7-3-1-6(5-12)2-4-7;9-6(10)4-1-2-8-5(3-4)7(11)12;1-2-4-6-5-3-1/h2*1-4H,5,12H2;1-3H,(H,9,10)(H,11,12);1-5H. The molecule has 0 saturated heterocycles. The van der Waals surface area contributed by atoms with Gasteiger partial charge in [-0.25, -0.2) is 14.6 Å². The predicted octanol–water partition coefficient (Wildman–Crippen LogP) is 5.89. The highest BCUT2D eigenvalue weighted by atomic mass is 19.4. The molecule has 0 unspecified atom stereocenters. The number of carboxylic acid groups (broad SMARTS) is 2. The fraction of sp³-hybridized carbons (Fsp3) is 0.143. The maximum atomic E-state index is 12.0. The van der Waals surface area contributed by atoms with Crippen LogP contribution >= 0.6 is 0 Å². The van der Waals surface area contributed by atoms with Crippen molar-refractivity contribution in [1.82, 2.24) is 9.97 Å². The summed E-state index contributed by atoms with van der Waals surface area (Å²) in [6.07, 6.45) is -3.87. The summed E-state index contributed by atoms with van der Waals surface area (Å²) >= 11 is 0. The molecule has 0 aliphatic rings. The van der Waals surface area contributed by atoms with E-state index in [0.717, 1.165) is 36.5 Å². The molecular weight excluding hydrogens is 570 g/mol. The van der Waals surface area contributed by atoms with E-state index in [1.54, 1.807) is 12.4 Å². The first-order valence-corrected chi connectivity index (χ1v) is 11.7. The lowest BCUT2D eigenvalue weighted by molar-refractivity contribution is -0.138. The van der Waals surface area contributed by atoms with E-state index in [1.165, 1.54) is 30.3 Å². The first-order valence-electron chi connectivity index (χ1n) is 11.7. The minimum atomic E-state index is -4.26. The number of hydrogen-bond donors (Lipinski definition) is 4. The molecule has 4 aromatic rings. The van der Waals surface area contributed by atoms with Crippen molar-refractivity contribution in [2.45, 2.75) is 25.4 Å². The molecular formula is C28H26F6N4O4. The molecule has 6 N–H and O–H groups in total. The van der Waals surface area contributed by atoms with Crippen LogP contribution in [0.3, 0.4) is 0 Å². The van der Waals surface area contributed by atoms with Gasteiger partial charge in [-0.05, 0) is 59.7 Å². The van der Waals surface area contributed by atoms with Crippen LogP contribution in [0.25, 0.3) is 0 Å². The van der Waals surface area contributed by atoms with Crippen molar-refractivity contribution in [2.75, 3.05) is 0 Å². The van der Waals surface area contributed by atoms with Gasteiger partial charge in [-0.15, -0.1) is 0 Å². The first kappa shape index (κ1) is 35.2. The average molecular weight is 597 g/mol. The number of aromatic carboxylic acids is 2. The van der Waals surface area contributed by atoms with E-state index in [4.69, 9.17) is 21.7 Å². The lowest BCUT2D eigenvalue weighted by Gasteiger charge is -2.06. The number of rotatable bonds is 4. The Labute approximate surface area is 236 Å². The number of nitrogens with zero attached hydrogens (tertiary/aromatic N) is 2. The maximum absolute atomic E-state index is 12.0. The molecule has 0 saturated carbocycles. The zero-order chi connectivity index (χ0) is 31.8. The van der Waals surface area contributed by atoms with E-state index < -0.39 is 35.4 Å². The molecule has 0 radical (unpaired) electrons. The molecule has 0 amide bonds. The number of carbonyl (C=O) groups is 2. The summed E-state index contributed by atoms with van der Waals surface area (Å²) in [6.45, 7) is 0.524. The number of alkyl halides is 6. The molecule has 0 aliphatic carbocycles. The predicted molar refractivity (Wildman–Crippen MR) is 141 cm³/mol. The summed E-state index contributed by atoms with van der Waals surface area (Å²) in [5.74, 6) is -2.40. The summed E-state index contributed by atoms with van der Waals surface area (Å²) in [5.41, 5.74) is 10.2. The number of halogens is 6. The number of pyridine rings is 2. The lowest BCUT2D eigenvalue weighted by Crippen LogP contribution is -2.05. The van der Waals surface area contributed by atoms with Gasteiger partial charge in [0.15, 0.2) is 0 Å². The van der Waals surface area contributed by atoms with E-state index in [-0.39, 0.29) is 24.3 Å². The summed E-state index contributed by atoms with van der Waals surface area (Å²) < 4.78 is 72.0. The SMILES string of the molecule is NCc1ccc(C(F)(F)F)cc1.NCc1ccc(C(F)(F)F)cc1.O=C(O)c1ccnc(C(=O)O)c1.c1ccncc1. The molecule has 2 heterocycles. The Morgan fingerprint density at radius 1 is 0.643 bits per heavy atom. The maximum Gasteiger partial charge on any atom is 0.416 e. The summed E-state index contributed by atoms with van der Waals surface area (Å²) in [7, 11) is 0. The topological polar surface area (TPSA) is 152 Å². The van der Waals surface area contributed by atoms with Crippen molar-refractivity contribution < 1.29 is 46.1 Å². The molecule has 0 spiro atoms. The van der Waals surface area contributed by atoms with Crippen LogP contribution in [0.15, 0.2) is 97.5 Å². The molecule has 0 aliphatic heterocycles. The molecule has 2 aromatic heterocycles. The second-order valence-electron chi connectivity index (χ2n) is 7.86. The van der Waals surface area contributed by atoms with Crippen molar-refractivity contribution in [3.05, 3.63) is 131 Å². The van der Waals surface area contributed by atoms with Gasteiger partial charge < -0.3 is 21.7 Å². The van der Waals surface area contributed by atoms with E-state index in [2.05, 4.69) is 9.97 Å². The Balaban J connectivity index is 0.000000287. The Bertz CT molecular complexity index is 1250. The minimum absolute atomic E-state index is 0.0811. The Morgan fingerprint density at radius 3 is 1.33 bits per heavy atom. The van der Waals surface area contributed by atoms with Crippen LogP contribution in [0.2, 0.25) is 0 Å². The number of carboxylic acids is 2. The van der Waals surface area contributed by atoms with Crippen LogP contribution < -0.4 is 11.5 Å². The van der Waals surface area contributed by atoms with E-state index in [0.29, 0.717) is 11.1 Å². The van der Waals surface area contributed by atoms with Gasteiger partial charge in [0.25, 0.3) is 0 Å². The number of nitrogens with two attached hydrogens (primary N) is 2. The Hall–Kier alpha value is -4.82. The molecule has 0 fully saturated rings. The lowest BCUT2D eigenvalue weighted by atomic mass is 10.1. The van der Waals surface area contributed by atoms with Crippen molar-refractivity contribution in [3.63, 3.8) is 0 Å². The monoisotopic (exact) mass is 596 g/mol. The largest absolute Gasteiger partial charge is 0.478 e. The van der Waals surface area contributed by atoms with E-state index in [1.807, 2.05) is 18.2 Å². The van der Waals surface area contributed by atoms with Crippen molar-refractivity contribution in [1.29, 1.82) is 0 Å². The van der Waals surface area contributed by atoms with Crippen LogP contribution in [-0.2, 0) is 25.4 Å². The Morgan fingerprint density at radius 2 is 1.07 bits per heavy atom. The highest BCUT2D eigenvalue weighted by Gasteiger charge is 2.30. The van der Waals surface area contributed by atoms with Gasteiger partial charge in [-0.1, -0.05) is 30.3 Å². The minimum Gasteiger partial charge on any atom is -0.478 e. The van der Waals surface area contributed by atoms with Gasteiger partial charge in [0, 0.05) is 31.7 Å². The molecule has 0 bridgehead atoms. The average Bonchev–Trinajstić information content (AvgIpc) is 2.98. The normalized spacial score (nSPS) is 10.5. The molecule has 2 aromatic carbocycles. The zero-order valence-corrected chi connectivity index (χ0v) is 21.7. The van der Waals surface area contributed by atoms with Crippen molar-refractivity contribution in [3.8, 4) is 0 Å².